The number of hydrogen-bond acceptors (Lipinski definition) is 5. The molecule has 1 unspecified atom stereocenters. The molecule has 0 spiro atoms. The van der Waals surface area contributed by atoms with Gasteiger partial charge in [0, 0.05) is 29.5 Å². The third-order valence-electron chi connectivity index (χ3n) is 6.97. The highest BCUT2D eigenvalue weighted by atomic mass is 19.1. The van der Waals surface area contributed by atoms with E-state index in [1.807, 2.05) is 54.4 Å². The van der Waals surface area contributed by atoms with Crippen LogP contribution in [0.25, 0.3) is 22.5 Å². The van der Waals surface area contributed by atoms with Crippen LogP contribution in [0.2, 0.25) is 0 Å². The molecule has 2 heterocycles. The highest BCUT2D eigenvalue weighted by molar-refractivity contribution is 6.01. The summed E-state index contributed by atoms with van der Waals surface area (Å²) in [6.07, 6.45) is 5.36. The molecule has 200 valence electrons. The van der Waals surface area contributed by atoms with Crippen molar-refractivity contribution in [2.75, 3.05) is 0 Å². The van der Waals surface area contributed by atoms with E-state index in [9.17, 15) is 13.6 Å². The lowest BCUT2D eigenvalue weighted by molar-refractivity contribution is 0.278. The molecule has 6 nitrogen and oxygen atoms in total. The van der Waals surface area contributed by atoms with Crippen LogP contribution < -0.4 is 5.76 Å². The Kier molecular flexibility index (Phi) is 7.81. The largest absolute Gasteiger partial charge is 0.439 e. The van der Waals surface area contributed by atoms with Crippen LogP contribution in [0.4, 0.5) is 8.78 Å². The molecule has 0 radical (unpaired) electrons. The number of nitrogens with one attached hydrogen (secondary N) is 1. The summed E-state index contributed by atoms with van der Waals surface area (Å²) in [5.74, 6) is -1.33. The molecule has 0 bridgehead atoms. The second kappa shape index (κ2) is 11.6. The first kappa shape index (κ1) is 26.3. The summed E-state index contributed by atoms with van der Waals surface area (Å²) in [5.41, 5.74) is 5.89. The minimum absolute atomic E-state index is 0.0450. The van der Waals surface area contributed by atoms with E-state index in [0.29, 0.717) is 12.2 Å². The Labute approximate surface area is 225 Å². The number of halogens is 2. The van der Waals surface area contributed by atoms with Crippen molar-refractivity contribution in [1.29, 1.82) is 0 Å². The van der Waals surface area contributed by atoms with Gasteiger partial charge in [-0.05, 0) is 54.2 Å². The van der Waals surface area contributed by atoms with Crippen molar-refractivity contribution in [3.05, 3.63) is 112 Å². The first-order valence-corrected chi connectivity index (χ1v) is 13.1. The van der Waals surface area contributed by atoms with E-state index in [4.69, 9.17) is 9.52 Å². The lowest BCUT2D eigenvalue weighted by Gasteiger charge is -2.32. The van der Waals surface area contributed by atoms with Gasteiger partial charge in [0.1, 0.15) is 17.8 Å². The average Bonchev–Trinajstić information content (AvgIpc) is 3.38. The van der Waals surface area contributed by atoms with Gasteiger partial charge in [0.25, 0.3) is 0 Å². The molecule has 1 aliphatic heterocycles. The van der Waals surface area contributed by atoms with Crippen molar-refractivity contribution < 1.29 is 13.3 Å². The van der Waals surface area contributed by atoms with Crippen LogP contribution in [0, 0.1) is 11.6 Å². The van der Waals surface area contributed by atoms with Crippen molar-refractivity contribution in [3.8, 4) is 22.5 Å². The van der Waals surface area contributed by atoms with Crippen LogP contribution in [0.3, 0.4) is 0 Å². The number of aromatic amines is 1. The van der Waals surface area contributed by atoms with Crippen molar-refractivity contribution in [3.63, 3.8) is 0 Å². The second-order valence-electron chi connectivity index (χ2n) is 9.70. The summed E-state index contributed by atoms with van der Waals surface area (Å²) < 4.78 is 33.5. The van der Waals surface area contributed by atoms with Gasteiger partial charge in [-0.3, -0.25) is 14.5 Å². The minimum Gasteiger partial charge on any atom is -0.351 e. The Morgan fingerprint density at radius 1 is 0.974 bits per heavy atom. The van der Waals surface area contributed by atoms with Gasteiger partial charge in [-0.2, -0.15) is 0 Å². The minimum atomic E-state index is -0.599. The van der Waals surface area contributed by atoms with Crippen LogP contribution in [-0.2, 0) is 13.0 Å². The van der Waals surface area contributed by atoms with Gasteiger partial charge in [0.2, 0.25) is 0 Å². The molecule has 5 rings (SSSR count). The average molecular weight is 529 g/mol. The first-order valence-electron chi connectivity index (χ1n) is 13.1. The number of nitrogens with zero attached hydrogens (tertiary/aromatic N) is 3. The zero-order valence-electron chi connectivity index (χ0n) is 22.0. The molecule has 1 aliphatic rings. The summed E-state index contributed by atoms with van der Waals surface area (Å²) in [6.45, 7) is 4.20. The topological polar surface area (TPSA) is 74.5 Å². The van der Waals surface area contributed by atoms with Crippen LogP contribution >= 0.6 is 0 Å². The summed E-state index contributed by atoms with van der Waals surface area (Å²) >= 11 is 0. The molecule has 3 aromatic carbocycles. The molecule has 0 amide bonds. The zero-order valence-corrected chi connectivity index (χ0v) is 22.0. The van der Waals surface area contributed by atoms with Gasteiger partial charge < -0.3 is 4.90 Å². The van der Waals surface area contributed by atoms with E-state index in [0.717, 1.165) is 52.8 Å². The third kappa shape index (κ3) is 5.90. The lowest BCUT2D eigenvalue weighted by Crippen LogP contribution is -2.33. The van der Waals surface area contributed by atoms with E-state index in [1.165, 1.54) is 18.2 Å². The Hall–Kier alpha value is -4.33. The number of H-pyrrole nitrogens is 1. The third-order valence-corrected chi connectivity index (χ3v) is 6.97. The van der Waals surface area contributed by atoms with Gasteiger partial charge >= 0.3 is 5.76 Å². The molecule has 1 atom stereocenters. The highest BCUT2D eigenvalue weighted by Gasteiger charge is 2.23. The van der Waals surface area contributed by atoms with E-state index in [-0.39, 0.29) is 18.3 Å². The number of aliphatic imine (C=N–C) groups is 1. The van der Waals surface area contributed by atoms with Crippen molar-refractivity contribution >= 4 is 5.71 Å². The molecular formula is C31H30F2N4O2. The van der Waals surface area contributed by atoms with E-state index >= 15 is 0 Å². The fraction of sp³-hybridized carbons (Fsp3) is 0.258. The molecule has 1 aromatic heterocycles. The Balaban J connectivity index is 1.41. The van der Waals surface area contributed by atoms with E-state index in [1.54, 1.807) is 0 Å². The fourth-order valence-electron chi connectivity index (χ4n) is 4.84. The molecular weight excluding hydrogens is 498 g/mol. The molecule has 4 aromatic rings. The molecule has 0 saturated carbocycles. The maximum atomic E-state index is 14.4. The summed E-state index contributed by atoms with van der Waals surface area (Å²) in [6, 6.07) is 19.8. The molecule has 8 heteroatoms. The Morgan fingerprint density at radius 2 is 1.69 bits per heavy atom. The zero-order chi connectivity index (χ0) is 27.4. The lowest BCUT2D eigenvalue weighted by atomic mass is 9.94. The predicted molar refractivity (Wildman–Crippen MR) is 148 cm³/mol. The van der Waals surface area contributed by atoms with Gasteiger partial charge in [0.05, 0.1) is 6.54 Å². The van der Waals surface area contributed by atoms with Crippen LogP contribution in [0.1, 0.15) is 44.2 Å². The molecule has 0 saturated heterocycles. The summed E-state index contributed by atoms with van der Waals surface area (Å²) in [5, 5.41) is 3.84. The molecule has 1 N–H and O–H groups in total. The van der Waals surface area contributed by atoms with Crippen LogP contribution in [0.15, 0.2) is 92.8 Å². The molecule has 39 heavy (non-hydrogen) atoms. The number of unbranched alkanes of at least 4 members (excludes halogenated alkanes) is 1. The van der Waals surface area contributed by atoms with Crippen LogP contribution in [-0.4, -0.2) is 26.9 Å². The molecule has 0 aliphatic carbocycles. The Morgan fingerprint density at radius 3 is 2.36 bits per heavy atom. The Bertz CT molecular complexity index is 1550. The number of benzene rings is 3. The first-order chi connectivity index (χ1) is 18.9. The molecule has 0 fully saturated rings. The fourth-order valence-corrected chi connectivity index (χ4v) is 4.84. The predicted octanol–water partition coefficient (Wildman–Crippen LogP) is 6.89. The van der Waals surface area contributed by atoms with Crippen molar-refractivity contribution in [2.24, 2.45) is 4.99 Å². The number of hydrogen-bond donors (Lipinski definition) is 1. The van der Waals surface area contributed by atoms with Gasteiger partial charge in [0.15, 0.2) is 5.82 Å². The standard InChI is InChI=1S/C31H30F2N4O2/c1-3-4-12-29-23(18-37(20(2)34-29)19-26-27(32)10-7-11-28(26)33)17-21-13-15-22(16-14-21)24-8-5-6-9-25(24)30-35-31(38)39-36-30/h5-11,13-16,18,20H,3-4,12,17,19H2,1-2H3,(H,35,36,38). The summed E-state index contributed by atoms with van der Waals surface area (Å²) in [4.78, 5) is 20.9. The van der Waals surface area contributed by atoms with E-state index < -0.39 is 17.4 Å². The van der Waals surface area contributed by atoms with Gasteiger partial charge in [-0.25, -0.2) is 13.6 Å². The normalized spacial score (nSPS) is 15.3. The van der Waals surface area contributed by atoms with Crippen LogP contribution in [0.5, 0.6) is 0 Å². The van der Waals surface area contributed by atoms with E-state index in [2.05, 4.69) is 29.2 Å². The van der Waals surface area contributed by atoms with Gasteiger partial charge in [-0.1, -0.05) is 73.1 Å². The maximum Gasteiger partial charge on any atom is 0.439 e. The number of aromatic nitrogens is 2. The van der Waals surface area contributed by atoms with Crippen molar-refractivity contribution in [2.45, 2.75) is 52.2 Å². The number of allylic oxidation sites excluding steroid dienone is 1. The second-order valence-corrected chi connectivity index (χ2v) is 9.70. The number of rotatable bonds is 9. The maximum absolute atomic E-state index is 14.4. The highest BCUT2D eigenvalue weighted by Crippen LogP contribution is 2.31. The summed E-state index contributed by atoms with van der Waals surface area (Å²) in [7, 11) is 0. The van der Waals surface area contributed by atoms with Gasteiger partial charge in [-0.15, -0.1) is 0 Å². The smallest absolute Gasteiger partial charge is 0.351 e. The SMILES string of the molecule is CCCCC1=NC(C)N(Cc2c(F)cccc2F)C=C1Cc1ccc(-c2ccccc2-c2noc(=O)[nH]2)cc1. The van der Waals surface area contributed by atoms with Crippen molar-refractivity contribution in [1.82, 2.24) is 15.0 Å². The monoisotopic (exact) mass is 528 g/mol. The quantitative estimate of drug-likeness (QED) is 0.257.